The minimum absolute atomic E-state index is 0.338. The van der Waals surface area contributed by atoms with Gasteiger partial charge in [-0.2, -0.15) is 0 Å². The van der Waals surface area contributed by atoms with Gasteiger partial charge in [-0.3, -0.25) is 4.79 Å². The molecule has 0 unspecified atom stereocenters. The number of amides is 2. The summed E-state index contributed by atoms with van der Waals surface area (Å²) >= 11 is 0. The number of rotatable bonds is 3. The van der Waals surface area contributed by atoms with Gasteiger partial charge < -0.3 is 20.8 Å². The largest absolute Gasteiger partial charge is 0.454 e. The Morgan fingerprint density at radius 1 is 1.04 bits per heavy atom. The number of hydrogen-bond acceptors (Lipinski definition) is 5. The zero-order valence-corrected chi connectivity index (χ0v) is 13.4. The maximum absolute atomic E-state index is 11.4. The molecule has 2 aromatic carbocycles. The van der Waals surface area contributed by atoms with Crippen molar-refractivity contribution in [3.63, 3.8) is 0 Å². The molecule has 0 radical (unpaired) electrons. The summed E-state index contributed by atoms with van der Waals surface area (Å²) in [6, 6.07) is 11.9. The lowest BCUT2D eigenvalue weighted by atomic mass is 10.1. The smallest absolute Gasteiger partial charge is 0.316 e. The molecule has 0 aliphatic carbocycles. The number of aromatic nitrogens is 3. The first-order valence-electron chi connectivity index (χ1n) is 7.72. The number of nitrogens with two attached hydrogens (primary N) is 1. The third-order valence-electron chi connectivity index (χ3n) is 3.80. The maximum Gasteiger partial charge on any atom is 0.316 e. The first kappa shape index (κ1) is 15.6. The number of urea groups is 1. The van der Waals surface area contributed by atoms with Crippen LogP contribution < -0.4 is 21.3 Å². The molecule has 0 aliphatic heterocycles. The number of H-pyrrole nitrogens is 1. The molecular formula is C18H13N5O3. The Bertz CT molecular complexity index is 1200. The van der Waals surface area contributed by atoms with Crippen molar-refractivity contribution in [1.29, 1.82) is 0 Å². The van der Waals surface area contributed by atoms with Crippen molar-refractivity contribution in [2.45, 2.75) is 0 Å². The zero-order valence-electron chi connectivity index (χ0n) is 13.4. The number of primary amides is 1. The van der Waals surface area contributed by atoms with Crippen molar-refractivity contribution in [1.82, 2.24) is 15.0 Å². The lowest BCUT2D eigenvalue weighted by molar-refractivity contribution is 0.259. The van der Waals surface area contributed by atoms with Gasteiger partial charge >= 0.3 is 6.03 Å². The summed E-state index contributed by atoms with van der Waals surface area (Å²) in [6.45, 7) is 0. The van der Waals surface area contributed by atoms with E-state index in [1.165, 1.54) is 12.4 Å². The minimum Gasteiger partial charge on any atom is -0.454 e. The summed E-state index contributed by atoms with van der Waals surface area (Å²) in [7, 11) is 0. The number of nitrogens with zero attached hydrogens (tertiary/aromatic N) is 2. The Balaban J connectivity index is 1.84. The van der Waals surface area contributed by atoms with E-state index in [0.29, 0.717) is 28.4 Å². The van der Waals surface area contributed by atoms with Crippen LogP contribution in [0.5, 0.6) is 11.5 Å². The lowest BCUT2D eigenvalue weighted by Gasteiger charge is -2.13. The monoisotopic (exact) mass is 347 g/mol. The third-order valence-corrected chi connectivity index (χ3v) is 3.80. The average Bonchev–Trinajstić information content (AvgIpc) is 2.63. The van der Waals surface area contributed by atoms with Crippen LogP contribution in [0.3, 0.4) is 0 Å². The van der Waals surface area contributed by atoms with Gasteiger partial charge in [0.15, 0.2) is 11.4 Å². The minimum atomic E-state index is -0.642. The number of hydrogen-bond donors (Lipinski definition) is 3. The fourth-order valence-corrected chi connectivity index (χ4v) is 2.73. The molecule has 8 heteroatoms. The molecule has 4 aromatic rings. The van der Waals surface area contributed by atoms with E-state index in [2.05, 4.69) is 20.3 Å². The van der Waals surface area contributed by atoms with Crippen molar-refractivity contribution in [2.75, 3.05) is 5.32 Å². The second kappa shape index (κ2) is 6.17. The van der Waals surface area contributed by atoms with Gasteiger partial charge in [-0.15, -0.1) is 0 Å². The van der Waals surface area contributed by atoms with Crippen LogP contribution in [0.25, 0.3) is 21.9 Å². The molecule has 0 spiro atoms. The Hall–Kier alpha value is -3.94. The number of carbonyl (C=O) groups is 1. The van der Waals surface area contributed by atoms with Crippen LogP contribution in [0.2, 0.25) is 0 Å². The third kappa shape index (κ3) is 2.80. The van der Waals surface area contributed by atoms with Gasteiger partial charge in [0.05, 0.1) is 11.9 Å². The van der Waals surface area contributed by atoms with Crippen molar-refractivity contribution < 1.29 is 9.53 Å². The highest BCUT2D eigenvalue weighted by molar-refractivity contribution is 6.03. The molecule has 2 heterocycles. The Morgan fingerprint density at radius 3 is 2.65 bits per heavy atom. The Labute approximate surface area is 146 Å². The molecule has 4 rings (SSSR count). The summed E-state index contributed by atoms with van der Waals surface area (Å²) in [5, 5.41) is 4.16. The summed E-state index contributed by atoms with van der Waals surface area (Å²) in [4.78, 5) is 33.4. The fraction of sp³-hybridized carbons (Fsp3) is 0. The van der Waals surface area contributed by atoms with Gasteiger partial charge in [0.25, 0.3) is 5.56 Å². The molecule has 2 aromatic heterocycles. The van der Waals surface area contributed by atoms with Crippen molar-refractivity contribution >= 4 is 33.7 Å². The van der Waals surface area contributed by atoms with Crippen LogP contribution in [-0.2, 0) is 0 Å². The highest BCUT2D eigenvalue weighted by atomic mass is 16.5. The number of pyridine rings is 1. The fourth-order valence-electron chi connectivity index (χ4n) is 2.73. The normalized spacial score (nSPS) is 10.8. The number of ether oxygens (including phenoxy) is 1. The molecule has 0 saturated carbocycles. The molecule has 0 atom stereocenters. The molecule has 0 aliphatic rings. The number of carbonyl (C=O) groups excluding carboxylic acids is 1. The van der Waals surface area contributed by atoms with Crippen LogP contribution in [-0.4, -0.2) is 21.0 Å². The van der Waals surface area contributed by atoms with E-state index in [4.69, 9.17) is 10.5 Å². The second-order valence-electron chi connectivity index (χ2n) is 5.50. The first-order valence-corrected chi connectivity index (χ1v) is 7.72. The molecule has 4 N–H and O–H groups in total. The molecule has 2 amide bonds. The van der Waals surface area contributed by atoms with E-state index in [9.17, 15) is 9.59 Å². The maximum atomic E-state index is 11.4. The molecule has 128 valence electrons. The highest BCUT2D eigenvalue weighted by Crippen LogP contribution is 2.35. The van der Waals surface area contributed by atoms with Crippen molar-refractivity contribution in [3.05, 3.63) is 65.2 Å². The van der Waals surface area contributed by atoms with Crippen LogP contribution >= 0.6 is 0 Å². The Morgan fingerprint density at radius 2 is 1.85 bits per heavy atom. The van der Waals surface area contributed by atoms with Gasteiger partial charge in [-0.05, 0) is 12.1 Å². The molecule has 0 saturated heterocycles. The van der Waals surface area contributed by atoms with Gasteiger partial charge in [0.1, 0.15) is 11.3 Å². The lowest BCUT2D eigenvalue weighted by Crippen LogP contribution is -2.19. The predicted molar refractivity (Wildman–Crippen MR) is 97.4 cm³/mol. The van der Waals surface area contributed by atoms with E-state index in [0.717, 1.165) is 10.8 Å². The second-order valence-corrected chi connectivity index (χ2v) is 5.50. The van der Waals surface area contributed by atoms with Gasteiger partial charge in [0.2, 0.25) is 0 Å². The van der Waals surface area contributed by atoms with Crippen LogP contribution in [0.4, 0.5) is 10.5 Å². The van der Waals surface area contributed by atoms with E-state index >= 15 is 0 Å². The molecular weight excluding hydrogens is 334 g/mol. The molecule has 26 heavy (non-hydrogen) atoms. The number of benzene rings is 2. The first-order chi connectivity index (χ1) is 12.6. The van der Waals surface area contributed by atoms with Gasteiger partial charge in [-0.25, -0.2) is 14.8 Å². The molecule has 8 nitrogen and oxygen atoms in total. The van der Waals surface area contributed by atoms with Crippen molar-refractivity contribution in [3.8, 4) is 11.5 Å². The molecule has 0 fully saturated rings. The standard InChI is InChI=1S/C18H13N5O3/c19-18(25)22-12-5-6-13(11-4-2-1-3-10(11)12)26-14-7-8-20-17-16(14)21-9-15(24)23-17/h1-9H,(H3,19,22,25)(H,20,23,24). The van der Waals surface area contributed by atoms with Gasteiger partial charge in [0, 0.05) is 23.0 Å². The number of fused-ring (bicyclic) bond motifs is 2. The van der Waals surface area contributed by atoms with Crippen LogP contribution in [0.15, 0.2) is 59.7 Å². The van der Waals surface area contributed by atoms with Crippen LogP contribution in [0.1, 0.15) is 0 Å². The Kier molecular flexibility index (Phi) is 3.70. The van der Waals surface area contributed by atoms with E-state index < -0.39 is 6.03 Å². The van der Waals surface area contributed by atoms with Gasteiger partial charge in [-0.1, -0.05) is 24.3 Å². The topological polar surface area (TPSA) is 123 Å². The summed E-state index contributed by atoms with van der Waals surface area (Å²) in [5.74, 6) is 1.02. The highest BCUT2D eigenvalue weighted by Gasteiger charge is 2.11. The van der Waals surface area contributed by atoms with E-state index in [1.54, 1.807) is 18.2 Å². The average molecular weight is 347 g/mol. The van der Waals surface area contributed by atoms with Crippen molar-refractivity contribution in [2.24, 2.45) is 5.73 Å². The number of aromatic amines is 1. The zero-order chi connectivity index (χ0) is 18.1. The predicted octanol–water partition coefficient (Wildman–Crippen LogP) is 2.75. The number of nitrogens with one attached hydrogen (secondary N) is 2. The summed E-state index contributed by atoms with van der Waals surface area (Å²) in [6.07, 6.45) is 2.70. The van der Waals surface area contributed by atoms with E-state index in [1.807, 2.05) is 24.3 Å². The quantitative estimate of drug-likeness (QED) is 0.526. The molecule has 0 bridgehead atoms. The summed E-state index contributed by atoms with van der Waals surface area (Å²) < 4.78 is 6.04. The SMILES string of the molecule is NC(=O)Nc1ccc(Oc2ccnc3[nH]c(=O)cnc23)c2ccccc12. The van der Waals surface area contributed by atoms with E-state index in [-0.39, 0.29) is 5.56 Å². The summed E-state index contributed by atoms with van der Waals surface area (Å²) in [5.41, 5.74) is 6.25. The number of anilines is 1. The van der Waals surface area contributed by atoms with Crippen LogP contribution in [0, 0.1) is 0 Å².